The second-order valence-corrected chi connectivity index (χ2v) is 7.18. The Hall–Kier alpha value is 0.337. The molecule has 0 aliphatic carbocycles. The van der Waals surface area contributed by atoms with E-state index in [1.54, 1.807) is 0 Å². The molecule has 0 unspecified atom stereocenters. The van der Waals surface area contributed by atoms with Crippen LogP contribution in [-0.2, 0) is 0 Å². The Labute approximate surface area is 86.4 Å². The summed E-state index contributed by atoms with van der Waals surface area (Å²) in [4.78, 5) is 2.23. The minimum atomic E-state index is -1.27. The van der Waals surface area contributed by atoms with Crippen molar-refractivity contribution >= 4 is 29.6 Å². The molecule has 0 spiro atoms. The average Bonchev–Trinajstić information content (AvgIpc) is 1.84. The van der Waals surface area contributed by atoms with Crippen LogP contribution in [0, 0.1) is 0 Å². The van der Waals surface area contributed by atoms with E-state index in [1.807, 2.05) is 11.9 Å². The van der Waals surface area contributed by atoms with Crippen molar-refractivity contribution in [3.8, 4) is 0 Å². The molecule has 0 N–H and O–H groups in total. The van der Waals surface area contributed by atoms with Crippen molar-refractivity contribution < 1.29 is 0 Å². The Morgan fingerprint density at radius 2 is 1.50 bits per heavy atom. The molecule has 0 aliphatic heterocycles. The maximum atomic E-state index is 5.69. The molecule has 1 nitrogen and oxygen atoms in total. The smallest absolute Gasteiger partial charge is 0.301 e. The highest BCUT2D eigenvalue weighted by atomic mass is 35.7. The van der Waals surface area contributed by atoms with Crippen LogP contribution < -0.4 is 0 Å². The zero-order valence-electron chi connectivity index (χ0n) is 8.01. The van der Waals surface area contributed by atoms with Crippen LogP contribution in [0.2, 0.25) is 0 Å². The first-order valence-electron chi connectivity index (χ1n) is 4.08. The molecule has 0 saturated carbocycles. The Bertz CT molecular complexity index is 138. The molecule has 0 rings (SSSR count). The zero-order valence-corrected chi connectivity index (χ0v) is 10.5. The van der Waals surface area contributed by atoms with Gasteiger partial charge >= 0.3 is 7.42 Å². The van der Waals surface area contributed by atoms with E-state index in [4.69, 9.17) is 22.2 Å². The summed E-state index contributed by atoms with van der Waals surface area (Å²) < 4.78 is 0. The van der Waals surface area contributed by atoms with Crippen molar-refractivity contribution in [2.45, 2.75) is 39.8 Å². The van der Waals surface area contributed by atoms with E-state index < -0.39 is 7.42 Å². The molecule has 12 heavy (non-hydrogen) atoms. The lowest BCUT2D eigenvalue weighted by Crippen LogP contribution is -2.32. The Morgan fingerprint density at radius 3 is 1.75 bits per heavy atom. The SMILES string of the molecule is CC(C)N(C=C[Si](Cl)Cl)C(C)C. The third-order valence-electron chi connectivity index (χ3n) is 1.57. The molecule has 71 valence electrons. The summed E-state index contributed by atoms with van der Waals surface area (Å²) >= 11 is 11.4. The molecule has 0 heterocycles. The lowest BCUT2D eigenvalue weighted by atomic mass is 10.2. The minimum Gasteiger partial charge on any atom is -0.373 e. The van der Waals surface area contributed by atoms with Crippen molar-refractivity contribution in [2.24, 2.45) is 0 Å². The van der Waals surface area contributed by atoms with Gasteiger partial charge in [0.1, 0.15) is 0 Å². The molecule has 0 amide bonds. The summed E-state index contributed by atoms with van der Waals surface area (Å²) in [5.41, 5.74) is 1.88. The lowest BCUT2D eigenvalue weighted by molar-refractivity contribution is 0.256. The first-order valence-corrected chi connectivity index (χ1v) is 7.69. The van der Waals surface area contributed by atoms with E-state index in [0.717, 1.165) is 0 Å². The van der Waals surface area contributed by atoms with Crippen LogP contribution in [0.5, 0.6) is 0 Å². The fourth-order valence-corrected chi connectivity index (χ4v) is 1.71. The second kappa shape index (κ2) is 5.89. The average molecular weight is 225 g/mol. The molecule has 0 aromatic carbocycles. The van der Waals surface area contributed by atoms with Gasteiger partial charge in [-0.3, -0.25) is 0 Å². The summed E-state index contributed by atoms with van der Waals surface area (Å²) in [6, 6.07) is 0.992. The molecule has 1 radical (unpaired) electrons. The first kappa shape index (κ1) is 12.3. The van der Waals surface area contributed by atoms with Gasteiger partial charge in [-0.2, -0.15) is 0 Å². The van der Waals surface area contributed by atoms with Gasteiger partial charge in [-0.1, -0.05) is 5.70 Å². The standard InChI is InChI=1S/C8H16Cl2NSi/c1-7(2)11(8(3)4)5-6-12(9)10/h5-8H,1-4H3. The van der Waals surface area contributed by atoms with Crippen LogP contribution in [0.4, 0.5) is 0 Å². The van der Waals surface area contributed by atoms with Crippen molar-refractivity contribution in [3.05, 3.63) is 11.9 Å². The number of halogens is 2. The maximum Gasteiger partial charge on any atom is 0.301 e. The van der Waals surface area contributed by atoms with Crippen molar-refractivity contribution in [1.82, 2.24) is 4.90 Å². The molecule has 0 saturated heterocycles. The highest BCUT2D eigenvalue weighted by Crippen LogP contribution is 2.07. The molecule has 0 fully saturated rings. The molecule has 0 bridgehead atoms. The summed E-state index contributed by atoms with van der Waals surface area (Å²) in [5, 5.41) is 0. The van der Waals surface area contributed by atoms with E-state index in [9.17, 15) is 0 Å². The van der Waals surface area contributed by atoms with Crippen LogP contribution in [0.1, 0.15) is 27.7 Å². The van der Waals surface area contributed by atoms with Gasteiger partial charge in [0, 0.05) is 12.1 Å². The van der Waals surface area contributed by atoms with Gasteiger partial charge < -0.3 is 4.90 Å². The quantitative estimate of drug-likeness (QED) is 0.525. The van der Waals surface area contributed by atoms with Gasteiger partial charge in [-0.15, -0.1) is 22.2 Å². The van der Waals surface area contributed by atoms with Gasteiger partial charge in [-0.05, 0) is 33.9 Å². The number of hydrogen-bond acceptors (Lipinski definition) is 1. The van der Waals surface area contributed by atoms with E-state index in [-0.39, 0.29) is 0 Å². The molecule has 0 aromatic rings. The van der Waals surface area contributed by atoms with E-state index >= 15 is 0 Å². The first-order chi connectivity index (χ1) is 5.45. The lowest BCUT2D eigenvalue weighted by Gasteiger charge is -2.29. The largest absolute Gasteiger partial charge is 0.373 e. The van der Waals surface area contributed by atoms with E-state index in [1.165, 1.54) is 0 Å². The Balaban J connectivity index is 4.14. The van der Waals surface area contributed by atoms with Crippen LogP contribution in [0.15, 0.2) is 11.9 Å². The fraction of sp³-hybridized carbons (Fsp3) is 0.750. The molecule has 4 heteroatoms. The highest BCUT2D eigenvalue weighted by molar-refractivity contribution is 7.36. The van der Waals surface area contributed by atoms with E-state index in [2.05, 4.69) is 32.6 Å². The van der Waals surface area contributed by atoms with Gasteiger partial charge in [0.25, 0.3) is 0 Å². The molecule has 0 atom stereocenters. The maximum absolute atomic E-state index is 5.69. The van der Waals surface area contributed by atoms with Crippen LogP contribution >= 0.6 is 22.2 Å². The molecular formula is C8H16Cl2NSi. The van der Waals surface area contributed by atoms with Crippen LogP contribution in [0.25, 0.3) is 0 Å². The summed E-state index contributed by atoms with van der Waals surface area (Å²) in [6.45, 7) is 8.61. The number of rotatable bonds is 4. The molecular weight excluding hydrogens is 209 g/mol. The monoisotopic (exact) mass is 224 g/mol. The summed E-state index contributed by atoms with van der Waals surface area (Å²) in [6.07, 6.45) is 2.00. The van der Waals surface area contributed by atoms with Gasteiger partial charge in [0.05, 0.1) is 0 Å². The number of hydrogen-bond donors (Lipinski definition) is 0. The van der Waals surface area contributed by atoms with Crippen LogP contribution in [-0.4, -0.2) is 24.4 Å². The van der Waals surface area contributed by atoms with Crippen LogP contribution in [0.3, 0.4) is 0 Å². The molecule has 0 aliphatic rings. The van der Waals surface area contributed by atoms with Crippen molar-refractivity contribution in [2.75, 3.05) is 0 Å². The Morgan fingerprint density at radius 1 is 1.08 bits per heavy atom. The van der Waals surface area contributed by atoms with Gasteiger partial charge in [0.15, 0.2) is 0 Å². The normalized spacial score (nSPS) is 12.4. The zero-order chi connectivity index (χ0) is 9.72. The summed E-state index contributed by atoms with van der Waals surface area (Å²) in [7, 11) is -1.27. The topological polar surface area (TPSA) is 3.24 Å². The summed E-state index contributed by atoms with van der Waals surface area (Å²) in [5.74, 6) is 0. The predicted molar refractivity (Wildman–Crippen MR) is 58.7 cm³/mol. The highest BCUT2D eigenvalue weighted by Gasteiger charge is 2.08. The van der Waals surface area contributed by atoms with E-state index in [0.29, 0.717) is 12.1 Å². The third-order valence-corrected chi connectivity index (χ3v) is 2.72. The minimum absolute atomic E-state index is 0.496. The Kier molecular flexibility index (Phi) is 6.06. The van der Waals surface area contributed by atoms with Gasteiger partial charge in [0.2, 0.25) is 0 Å². The molecule has 0 aromatic heterocycles. The number of nitrogens with zero attached hydrogens (tertiary/aromatic N) is 1. The van der Waals surface area contributed by atoms with Crippen molar-refractivity contribution in [1.29, 1.82) is 0 Å². The van der Waals surface area contributed by atoms with Crippen molar-refractivity contribution in [3.63, 3.8) is 0 Å². The second-order valence-electron chi connectivity index (χ2n) is 3.24. The predicted octanol–water partition coefficient (Wildman–Crippen LogP) is 3.12. The third kappa shape index (κ3) is 5.07. The fourth-order valence-electron chi connectivity index (χ4n) is 1.08. The van der Waals surface area contributed by atoms with Gasteiger partial charge in [-0.25, -0.2) is 0 Å².